The van der Waals surface area contributed by atoms with Crippen LogP contribution in [0.15, 0.2) is 60.8 Å². The van der Waals surface area contributed by atoms with E-state index in [1.165, 1.54) is 135 Å². The summed E-state index contributed by atoms with van der Waals surface area (Å²) in [5.41, 5.74) is 0. The van der Waals surface area contributed by atoms with E-state index in [0.29, 0.717) is 19.4 Å². The van der Waals surface area contributed by atoms with Gasteiger partial charge in [0, 0.05) is 12.8 Å². The largest absolute Gasteiger partial charge is 0.466 e. The zero-order chi connectivity index (χ0) is 45.1. The number of hydrogen-bond acceptors (Lipinski definition) is 5. The molecule has 0 aromatic carbocycles. The van der Waals surface area contributed by atoms with E-state index in [4.69, 9.17) is 4.74 Å². The number of esters is 1. The number of carbonyl (C=O) groups excluding carboxylic acids is 2. The standard InChI is InChI=1S/C56H101NO5/c1-3-5-7-9-11-13-15-17-21-25-28-32-36-40-44-48-54(59)53(52-58)57-55(60)49-45-41-37-33-29-26-22-19-18-20-23-27-31-35-39-43-47-51-62-56(61)50-46-42-38-34-30-24-16-14-12-10-8-6-4-2/h8,10,14,16,18,20,27,31,44,48,53-54,58-59H,3-7,9,11-13,15,17,19,21-26,28-30,32-43,45-47,49-52H2,1-2H3,(H,57,60)/b10-8-,16-14-,20-18-,31-27-,48-44+. The Labute approximate surface area is 384 Å². The van der Waals surface area contributed by atoms with Crippen molar-refractivity contribution in [3.05, 3.63) is 60.8 Å². The second kappa shape index (κ2) is 51.2. The van der Waals surface area contributed by atoms with Gasteiger partial charge >= 0.3 is 5.97 Å². The molecule has 360 valence electrons. The normalized spacial score (nSPS) is 13.2. The average molecular weight is 868 g/mol. The third-order valence-corrected chi connectivity index (χ3v) is 11.7. The molecule has 62 heavy (non-hydrogen) atoms. The minimum atomic E-state index is -0.856. The van der Waals surface area contributed by atoms with Gasteiger partial charge in [0.05, 0.1) is 25.4 Å². The summed E-state index contributed by atoms with van der Waals surface area (Å²) in [6.45, 7) is 4.77. The highest BCUT2D eigenvalue weighted by molar-refractivity contribution is 5.76. The maximum Gasteiger partial charge on any atom is 0.305 e. The smallest absolute Gasteiger partial charge is 0.305 e. The second-order valence-corrected chi connectivity index (χ2v) is 17.8. The van der Waals surface area contributed by atoms with E-state index in [0.717, 1.165) is 96.3 Å². The molecule has 0 saturated heterocycles. The van der Waals surface area contributed by atoms with E-state index in [9.17, 15) is 19.8 Å². The van der Waals surface area contributed by atoms with Gasteiger partial charge in [0.1, 0.15) is 0 Å². The molecule has 0 aliphatic heterocycles. The number of aliphatic hydroxyl groups is 2. The van der Waals surface area contributed by atoms with Gasteiger partial charge in [-0.1, -0.05) is 209 Å². The van der Waals surface area contributed by atoms with Gasteiger partial charge in [-0.15, -0.1) is 0 Å². The molecule has 1 amide bonds. The van der Waals surface area contributed by atoms with Gasteiger partial charge in [-0.05, 0) is 96.3 Å². The van der Waals surface area contributed by atoms with Crippen molar-refractivity contribution >= 4 is 11.9 Å². The molecular formula is C56H101NO5. The molecule has 3 N–H and O–H groups in total. The molecule has 0 spiro atoms. The fourth-order valence-corrected chi connectivity index (χ4v) is 7.64. The van der Waals surface area contributed by atoms with Crippen molar-refractivity contribution in [2.75, 3.05) is 13.2 Å². The minimum Gasteiger partial charge on any atom is -0.466 e. The molecular weight excluding hydrogens is 767 g/mol. The third kappa shape index (κ3) is 47.0. The van der Waals surface area contributed by atoms with Crippen molar-refractivity contribution in [2.24, 2.45) is 0 Å². The van der Waals surface area contributed by atoms with Crippen LogP contribution in [0.3, 0.4) is 0 Å². The van der Waals surface area contributed by atoms with Gasteiger partial charge in [0.25, 0.3) is 0 Å². The van der Waals surface area contributed by atoms with E-state index < -0.39 is 12.1 Å². The first-order valence-electron chi connectivity index (χ1n) is 26.6. The Kier molecular flexibility index (Phi) is 49.2. The topological polar surface area (TPSA) is 95.9 Å². The highest BCUT2D eigenvalue weighted by atomic mass is 16.5. The zero-order valence-electron chi connectivity index (χ0n) is 40.8. The number of amides is 1. The van der Waals surface area contributed by atoms with Crippen LogP contribution in [0.25, 0.3) is 0 Å². The number of nitrogens with one attached hydrogen (secondary N) is 1. The number of carbonyl (C=O) groups is 2. The molecule has 0 aliphatic carbocycles. The Balaban J connectivity index is 3.56. The van der Waals surface area contributed by atoms with Crippen molar-refractivity contribution < 1.29 is 24.5 Å². The van der Waals surface area contributed by atoms with Crippen LogP contribution >= 0.6 is 0 Å². The summed E-state index contributed by atoms with van der Waals surface area (Å²) < 4.78 is 5.43. The fraction of sp³-hybridized carbons (Fsp3) is 0.786. The quantitative estimate of drug-likeness (QED) is 0.0322. The summed E-state index contributed by atoms with van der Waals surface area (Å²) in [5, 5.41) is 23.1. The van der Waals surface area contributed by atoms with Crippen LogP contribution in [-0.4, -0.2) is 47.4 Å². The van der Waals surface area contributed by atoms with Gasteiger partial charge in [-0.25, -0.2) is 0 Å². The first-order valence-corrected chi connectivity index (χ1v) is 26.6. The first-order chi connectivity index (χ1) is 30.5. The van der Waals surface area contributed by atoms with E-state index in [2.05, 4.69) is 67.8 Å². The molecule has 0 aromatic heterocycles. The Bertz CT molecular complexity index is 1090. The monoisotopic (exact) mass is 868 g/mol. The van der Waals surface area contributed by atoms with Crippen molar-refractivity contribution in [1.29, 1.82) is 0 Å². The van der Waals surface area contributed by atoms with E-state index in [1.54, 1.807) is 6.08 Å². The van der Waals surface area contributed by atoms with Crippen LogP contribution < -0.4 is 5.32 Å². The van der Waals surface area contributed by atoms with E-state index >= 15 is 0 Å². The maximum absolute atomic E-state index is 12.4. The van der Waals surface area contributed by atoms with Crippen LogP contribution in [0, 0.1) is 0 Å². The molecule has 0 rings (SSSR count). The summed E-state index contributed by atoms with van der Waals surface area (Å²) in [6.07, 6.45) is 65.1. The van der Waals surface area contributed by atoms with Crippen LogP contribution in [0.4, 0.5) is 0 Å². The van der Waals surface area contributed by atoms with Crippen molar-refractivity contribution in [3.8, 4) is 0 Å². The Hall–Kier alpha value is -2.44. The molecule has 0 bridgehead atoms. The predicted octanol–water partition coefficient (Wildman–Crippen LogP) is 16.0. The lowest BCUT2D eigenvalue weighted by Gasteiger charge is -2.20. The number of hydrogen-bond donors (Lipinski definition) is 3. The lowest BCUT2D eigenvalue weighted by Crippen LogP contribution is -2.45. The van der Waals surface area contributed by atoms with Crippen LogP contribution in [0.2, 0.25) is 0 Å². The number of allylic oxidation sites excluding steroid dienone is 9. The molecule has 2 atom stereocenters. The zero-order valence-corrected chi connectivity index (χ0v) is 40.8. The average Bonchev–Trinajstić information content (AvgIpc) is 3.27. The Morgan fingerprint density at radius 1 is 0.452 bits per heavy atom. The molecule has 6 heteroatoms. The van der Waals surface area contributed by atoms with Crippen molar-refractivity contribution in [3.63, 3.8) is 0 Å². The summed E-state index contributed by atoms with van der Waals surface area (Å²) in [7, 11) is 0. The summed E-state index contributed by atoms with van der Waals surface area (Å²) in [4.78, 5) is 24.4. The predicted molar refractivity (Wildman–Crippen MR) is 268 cm³/mol. The van der Waals surface area contributed by atoms with Gasteiger partial charge in [-0.3, -0.25) is 9.59 Å². The number of ether oxygens (including phenoxy) is 1. The van der Waals surface area contributed by atoms with E-state index in [-0.39, 0.29) is 18.5 Å². The highest BCUT2D eigenvalue weighted by Crippen LogP contribution is 2.15. The first kappa shape index (κ1) is 59.6. The Morgan fingerprint density at radius 3 is 1.29 bits per heavy atom. The third-order valence-electron chi connectivity index (χ3n) is 11.7. The molecule has 2 unspecified atom stereocenters. The Morgan fingerprint density at radius 2 is 0.839 bits per heavy atom. The molecule has 0 heterocycles. The lowest BCUT2D eigenvalue weighted by atomic mass is 10.0. The van der Waals surface area contributed by atoms with Crippen molar-refractivity contribution in [1.82, 2.24) is 5.32 Å². The van der Waals surface area contributed by atoms with E-state index in [1.807, 2.05) is 6.08 Å². The van der Waals surface area contributed by atoms with Gasteiger partial charge in [0.15, 0.2) is 0 Å². The van der Waals surface area contributed by atoms with Gasteiger partial charge < -0.3 is 20.3 Å². The van der Waals surface area contributed by atoms with Crippen LogP contribution in [-0.2, 0) is 14.3 Å². The highest BCUT2D eigenvalue weighted by Gasteiger charge is 2.18. The van der Waals surface area contributed by atoms with Crippen molar-refractivity contribution in [2.45, 2.75) is 270 Å². The SMILES string of the molecule is CCC/C=C\C/C=C\CCCCCCCC(=O)OCCCCC/C=C\C/C=C\CCCCCCCCCC(=O)NC(CO)C(O)/C=C/CCCCCCCCCCCCCCC. The summed E-state index contributed by atoms with van der Waals surface area (Å²) in [5.74, 6) is -0.119. The van der Waals surface area contributed by atoms with Gasteiger partial charge in [-0.2, -0.15) is 0 Å². The molecule has 0 fully saturated rings. The number of rotatable bonds is 48. The minimum absolute atomic E-state index is 0.0329. The molecule has 0 saturated carbocycles. The number of aliphatic hydroxyl groups excluding tert-OH is 2. The molecule has 6 nitrogen and oxygen atoms in total. The maximum atomic E-state index is 12.4. The molecule has 0 radical (unpaired) electrons. The summed E-state index contributed by atoms with van der Waals surface area (Å²) >= 11 is 0. The second-order valence-electron chi connectivity index (χ2n) is 17.8. The number of unbranched alkanes of at least 4 members (excludes halogenated alkanes) is 29. The van der Waals surface area contributed by atoms with Gasteiger partial charge in [0.2, 0.25) is 5.91 Å². The van der Waals surface area contributed by atoms with Crippen LogP contribution in [0.5, 0.6) is 0 Å². The van der Waals surface area contributed by atoms with Crippen LogP contribution in [0.1, 0.15) is 258 Å². The molecule has 0 aliphatic rings. The fourth-order valence-electron chi connectivity index (χ4n) is 7.64. The summed E-state index contributed by atoms with van der Waals surface area (Å²) in [6, 6.07) is -0.641. The molecule has 0 aromatic rings. The lowest BCUT2D eigenvalue weighted by molar-refractivity contribution is -0.143.